The van der Waals surface area contributed by atoms with Gasteiger partial charge in [-0.2, -0.15) is 0 Å². The Morgan fingerprint density at radius 2 is 2.17 bits per heavy atom. The van der Waals surface area contributed by atoms with E-state index >= 15 is 0 Å². The van der Waals surface area contributed by atoms with Crippen molar-refractivity contribution >= 4 is 40.9 Å². The van der Waals surface area contributed by atoms with Crippen LogP contribution in [0.5, 0.6) is 0 Å². The Bertz CT molecular complexity index is 296. The molecule has 0 aliphatic carbocycles. The van der Waals surface area contributed by atoms with E-state index in [9.17, 15) is 0 Å². The standard InChI is InChI=1S/C8H6Cl3N/c9-3-1-2-6-4-7(10)8(11)12-5-6/h1-2,4-5H,3H2. The highest BCUT2D eigenvalue weighted by Gasteiger charge is 1.97. The van der Waals surface area contributed by atoms with Crippen LogP contribution in [0.3, 0.4) is 0 Å². The van der Waals surface area contributed by atoms with Crippen LogP contribution in [0.1, 0.15) is 5.56 Å². The summed E-state index contributed by atoms with van der Waals surface area (Å²) in [7, 11) is 0. The second kappa shape index (κ2) is 4.70. The van der Waals surface area contributed by atoms with Crippen molar-refractivity contribution < 1.29 is 0 Å². The maximum Gasteiger partial charge on any atom is 0.147 e. The van der Waals surface area contributed by atoms with Gasteiger partial charge in [0.1, 0.15) is 5.15 Å². The van der Waals surface area contributed by atoms with Crippen molar-refractivity contribution in [2.24, 2.45) is 0 Å². The summed E-state index contributed by atoms with van der Waals surface area (Å²) >= 11 is 16.8. The molecular formula is C8H6Cl3N. The molecule has 64 valence electrons. The summed E-state index contributed by atoms with van der Waals surface area (Å²) in [5, 5.41) is 0.771. The van der Waals surface area contributed by atoms with Gasteiger partial charge in [-0.25, -0.2) is 4.98 Å². The van der Waals surface area contributed by atoms with Gasteiger partial charge in [0.15, 0.2) is 0 Å². The summed E-state index contributed by atoms with van der Waals surface area (Å²) in [4.78, 5) is 3.87. The van der Waals surface area contributed by atoms with Gasteiger partial charge in [0.25, 0.3) is 0 Å². The molecule has 12 heavy (non-hydrogen) atoms. The van der Waals surface area contributed by atoms with Crippen LogP contribution in [0.4, 0.5) is 0 Å². The summed E-state index contributed by atoms with van der Waals surface area (Å²) in [6, 6.07) is 1.74. The summed E-state index contributed by atoms with van der Waals surface area (Å²) in [6.45, 7) is 0. The molecule has 0 saturated heterocycles. The lowest BCUT2D eigenvalue weighted by atomic mass is 10.3. The Balaban J connectivity index is 2.89. The molecular weight excluding hydrogens is 216 g/mol. The third-order valence-corrected chi connectivity index (χ3v) is 2.08. The fourth-order valence-corrected chi connectivity index (χ4v) is 1.08. The molecule has 0 aliphatic rings. The summed E-state index contributed by atoms with van der Waals surface area (Å²) in [6.07, 6.45) is 5.28. The average molecular weight is 223 g/mol. The highest BCUT2D eigenvalue weighted by atomic mass is 35.5. The first-order valence-corrected chi connectivity index (χ1v) is 4.56. The normalized spacial score (nSPS) is 10.9. The number of hydrogen-bond donors (Lipinski definition) is 0. The Labute approximate surface area is 86.0 Å². The van der Waals surface area contributed by atoms with Gasteiger partial charge in [-0.3, -0.25) is 0 Å². The Hall–Kier alpha value is -0.240. The number of pyridine rings is 1. The number of aromatic nitrogens is 1. The third-order valence-electron chi connectivity index (χ3n) is 1.22. The molecule has 0 bridgehead atoms. The molecule has 0 spiro atoms. The smallest absolute Gasteiger partial charge is 0.147 e. The Morgan fingerprint density at radius 3 is 2.75 bits per heavy atom. The monoisotopic (exact) mass is 221 g/mol. The van der Waals surface area contributed by atoms with Crippen molar-refractivity contribution in [3.63, 3.8) is 0 Å². The van der Waals surface area contributed by atoms with E-state index in [2.05, 4.69) is 4.98 Å². The zero-order valence-corrected chi connectivity index (χ0v) is 8.37. The van der Waals surface area contributed by atoms with Crippen LogP contribution < -0.4 is 0 Å². The molecule has 0 radical (unpaired) electrons. The molecule has 1 aromatic rings. The van der Waals surface area contributed by atoms with E-state index in [4.69, 9.17) is 34.8 Å². The first-order valence-electron chi connectivity index (χ1n) is 3.27. The molecule has 0 amide bonds. The summed E-state index contributed by atoms with van der Waals surface area (Å²) in [5.74, 6) is 0.472. The zero-order chi connectivity index (χ0) is 8.97. The third kappa shape index (κ3) is 2.67. The van der Waals surface area contributed by atoms with E-state index in [1.165, 1.54) is 0 Å². The van der Waals surface area contributed by atoms with Crippen molar-refractivity contribution in [1.82, 2.24) is 4.98 Å². The fraction of sp³-hybridized carbons (Fsp3) is 0.125. The molecule has 0 atom stereocenters. The highest BCUT2D eigenvalue weighted by Crippen LogP contribution is 2.20. The minimum absolute atomic E-state index is 0.319. The van der Waals surface area contributed by atoms with E-state index in [1.807, 2.05) is 12.2 Å². The van der Waals surface area contributed by atoms with Crippen molar-refractivity contribution in [2.45, 2.75) is 0 Å². The van der Waals surface area contributed by atoms with E-state index in [0.717, 1.165) is 5.56 Å². The molecule has 0 saturated carbocycles. The minimum atomic E-state index is 0.319. The van der Waals surface area contributed by atoms with Gasteiger partial charge < -0.3 is 0 Å². The molecule has 0 fully saturated rings. The molecule has 0 unspecified atom stereocenters. The predicted molar refractivity (Wildman–Crippen MR) is 54.0 cm³/mol. The molecule has 0 aliphatic heterocycles. The van der Waals surface area contributed by atoms with Gasteiger partial charge in [0.05, 0.1) is 5.02 Å². The van der Waals surface area contributed by atoms with Gasteiger partial charge >= 0.3 is 0 Å². The number of nitrogens with zero attached hydrogens (tertiary/aromatic N) is 1. The van der Waals surface area contributed by atoms with Crippen LogP contribution in [0.2, 0.25) is 10.2 Å². The van der Waals surface area contributed by atoms with Crippen molar-refractivity contribution in [3.8, 4) is 0 Å². The second-order valence-corrected chi connectivity index (χ2v) is 3.17. The highest BCUT2D eigenvalue weighted by molar-refractivity contribution is 6.41. The van der Waals surface area contributed by atoms with Crippen LogP contribution in [0.15, 0.2) is 18.3 Å². The maximum atomic E-state index is 5.73. The average Bonchev–Trinajstić information content (AvgIpc) is 2.07. The predicted octanol–water partition coefficient (Wildman–Crippen LogP) is 3.64. The van der Waals surface area contributed by atoms with Crippen LogP contribution in [-0.4, -0.2) is 10.9 Å². The van der Waals surface area contributed by atoms with Gasteiger partial charge in [-0.05, 0) is 11.6 Å². The molecule has 0 aromatic carbocycles. The number of allylic oxidation sites excluding steroid dienone is 1. The molecule has 4 heteroatoms. The van der Waals surface area contributed by atoms with Gasteiger partial charge in [0.2, 0.25) is 0 Å². The number of hydrogen-bond acceptors (Lipinski definition) is 1. The largest absolute Gasteiger partial charge is 0.242 e. The lowest BCUT2D eigenvalue weighted by molar-refractivity contribution is 1.32. The minimum Gasteiger partial charge on any atom is -0.242 e. The van der Waals surface area contributed by atoms with Gasteiger partial charge in [-0.15, -0.1) is 11.6 Å². The molecule has 0 N–H and O–H groups in total. The number of alkyl halides is 1. The van der Waals surface area contributed by atoms with E-state index in [-0.39, 0.29) is 0 Å². The molecule has 1 heterocycles. The topological polar surface area (TPSA) is 12.9 Å². The van der Waals surface area contributed by atoms with Crippen LogP contribution in [0, 0.1) is 0 Å². The van der Waals surface area contributed by atoms with E-state index in [1.54, 1.807) is 12.3 Å². The SMILES string of the molecule is ClCC=Cc1cnc(Cl)c(Cl)c1. The van der Waals surface area contributed by atoms with Gasteiger partial charge in [0, 0.05) is 12.1 Å². The van der Waals surface area contributed by atoms with E-state index < -0.39 is 0 Å². The van der Waals surface area contributed by atoms with Crippen molar-refractivity contribution in [2.75, 3.05) is 5.88 Å². The lowest BCUT2D eigenvalue weighted by Gasteiger charge is -1.95. The van der Waals surface area contributed by atoms with Crippen LogP contribution in [-0.2, 0) is 0 Å². The Morgan fingerprint density at radius 1 is 1.42 bits per heavy atom. The Kier molecular flexibility index (Phi) is 3.86. The molecule has 1 nitrogen and oxygen atoms in total. The number of halogens is 3. The maximum absolute atomic E-state index is 5.73. The quantitative estimate of drug-likeness (QED) is 0.550. The van der Waals surface area contributed by atoms with Crippen LogP contribution >= 0.6 is 34.8 Å². The first kappa shape index (κ1) is 9.85. The van der Waals surface area contributed by atoms with Crippen molar-refractivity contribution in [3.05, 3.63) is 34.1 Å². The zero-order valence-electron chi connectivity index (χ0n) is 6.10. The lowest BCUT2D eigenvalue weighted by Crippen LogP contribution is -1.79. The van der Waals surface area contributed by atoms with Crippen molar-refractivity contribution in [1.29, 1.82) is 0 Å². The van der Waals surface area contributed by atoms with Crippen LogP contribution in [0.25, 0.3) is 6.08 Å². The molecule has 1 aromatic heterocycles. The molecule has 1 rings (SSSR count). The van der Waals surface area contributed by atoms with E-state index in [0.29, 0.717) is 16.1 Å². The fourth-order valence-electron chi connectivity index (χ4n) is 0.708. The first-order chi connectivity index (χ1) is 5.74. The summed E-state index contributed by atoms with van der Waals surface area (Å²) in [5.41, 5.74) is 0.894. The second-order valence-electron chi connectivity index (χ2n) is 2.10. The van der Waals surface area contributed by atoms with Gasteiger partial charge in [-0.1, -0.05) is 35.4 Å². The number of rotatable bonds is 2. The summed E-state index contributed by atoms with van der Waals surface area (Å²) < 4.78 is 0.